The van der Waals surface area contributed by atoms with E-state index >= 15 is 0 Å². The highest BCUT2D eigenvalue weighted by Crippen LogP contribution is 2.40. The predicted molar refractivity (Wildman–Crippen MR) is 118 cm³/mol. The molecule has 128 valence electrons. The molecule has 6 rings (SSSR count). The van der Waals surface area contributed by atoms with E-state index in [1.807, 2.05) is 11.3 Å². The Labute approximate surface area is 161 Å². The summed E-state index contributed by atoms with van der Waals surface area (Å²) in [4.78, 5) is 0. The van der Waals surface area contributed by atoms with Crippen molar-refractivity contribution in [3.63, 3.8) is 0 Å². The molecule has 6 aromatic rings. The zero-order valence-corrected chi connectivity index (χ0v) is 15.8. The van der Waals surface area contributed by atoms with Gasteiger partial charge in [0.2, 0.25) is 0 Å². The smallest absolute Gasteiger partial charge is 0.0555 e. The van der Waals surface area contributed by atoms with Gasteiger partial charge in [0.15, 0.2) is 0 Å². The Kier molecular flexibility index (Phi) is 3.03. The van der Waals surface area contributed by atoms with Crippen molar-refractivity contribution in [2.75, 3.05) is 0 Å². The van der Waals surface area contributed by atoms with E-state index in [0.29, 0.717) is 0 Å². The summed E-state index contributed by atoms with van der Waals surface area (Å²) in [6.07, 6.45) is 0. The van der Waals surface area contributed by atoms with Gasteiger partial charge in [0.1, 0.15) is 0 Å². The van der Waals surface area contributed by atoms with E-state index in [0.717, 1.165) is 0 Å². The SMILES string of the molecule is Cc1ccc2c(c1)c1cc3c(cc1n2-c1ccccc1)sc1ccccc13. The van der Waals surface area contributed by atoms with Crippen molar-refractivity contribution in [2.24, 2.45) is 0 Å². The van der Waals surface area contributed by atoms with Crippen LogP contribution in [0.5, 0.6) is 0 Å². The lowest BCUT2D eigenvalue weighted by Crippen LogP contribution is -1.92. The second-order valence-electron chi connectivity index (χ2n) is 7.16. The molecule has 27 heavy (non-hydrogen) atoms. The molecule has 0 saturated carbocycles. The van der Waals surface area contributed by atoms with Crippen molar-refractivity contribution >= 4 is 53.3 Å². The van der Waals surface area contributed by atoms with Gasteiger partial charge in [-0.05, 0) is 49.4 Å². The van der Waals surface area contributed by atoms with E-state index in [-0.39, 0.29) is 0 Å². The number of aromatic nitrogens is 1. The van der Waals surface area contributed by atoms with Gasteiger partial charge in [-0.3, -0.25) is 0 Å². The van der Waals surface area contributed by atoms with Crippen LogP contribution < -0.4 is 0 Å². The molecule has 0 radical (unpaired) electrons. The fourth-order valence-corrected chi connectivity index (χ4v) is 5.33. The molecule has 0 aliphatic rings. The Morgan fingerprint density at radius 1 is 0.593 bits per heavy atom. The summed E-state index contributed by atoms with van der Waals surface area (Å²) in [7, 11) is 0. The zero-order chi connectivity index (χ0) is 18.0. The molecule has 0 amide bonds. The molecular formula is C25H17NS. The summed E-state index contributed by atoms with van der Waals surface area (Å²) in [5.74, 6) is 0. The third kappa shape index (κ3) is 2.11. The molecular weight excluding hydrogens is 346 g/mol. The lowest BCUT2D eigenvalue weighted by molar-refractivity contribution is 1.18. The highest BCUT2D eigenvalue weighted by molar-refractivity contribution is 7.25. The Bertz CT molecular complexity index is 1470. The maximum absolute atomic E-state index is 2.40. The molecule has 0 unspecified atom stereocenters. The van der Waals surface area contributed by atoms with Crippen LogP contribution in [-0.2, 0) is 0 Å². The third-order valence-electron chi connectivity index (χ3n) is 5.43. The minimum absolute atomic E-state index is 1.21. The van der Waals surface area contributed by atoms with Crippen LogP contribution >= 0.6 is 11.3 Å². The monoisotopic (exact) mass is 363 g/mol. The highest BCUT2D eigenvalue weighted by atomic mass is 32.1. The minimum atomic E-state index is 1.21. The summed E-state index contributed by atoms with van der Waals surface area (Å²) >= 11 is 1.88. The van der Waals surface area contributed by atoms with Crippen LogP contribution in [0, 0.1) is 6.92 Å². The first-order chi connectivity index (χ1) is 13.3. The second kappa shape index (κ2) is 5.45. The number of rotatable bonds is 1. The normalized spacial score (nSPS) is 11.9. The van der Waals surface area contributed by atoms with Gasteiger partial charge in [-0.1, -0.05) is 48.0 Å². The van der Waals surface area contributed by atoms with Gasteiger partial charge >= 0.3 is 0 Å². The maximum atomic E-state index is 2.40. The molecule has 0 spiro atoms. The summed E-state index contributed by atoms with van der Waals surface area (Å²) in [6.45, 7) is 2.17. The summed E-state index contributed by atoms with van der Waals surface area (Å²) in [5, 5.41) is 5.36. The van der Waals surface area contributed by atoms with E-state index in [2.05, 4.69) is 96.4 Å². The Balaban J connectivity index is 1.85. The van der Waals surface area contributed by atoms with Crippen LogP contribution in [0.4, 0.5) is 0 Å². The zero-order valence-electron chi connectivity index (χ0n) is 14.9. The average Bonchev–Trinajstić information content (AvgIpc) is 3.21. The number of hydrogen-bond acceptors (Lipinski definition) is 1. The number of hydrogen-bond donors (Lipinski definition) is 0. The maximum Gasteiger partial charge on any atom is 0.0555 e. The fraction of sp³-hybridized carbons (Fsp3) is 0.0400. The fourth-order valence-electron chi connectivity index (χ4n) is 4.21. The van der Waals surface area contributed by atoms with Gasteiger partial charge in [0.05, 0.1) is 11.0 Å². The van der Waals surface area contributed by atoms with Crippen LogP contribution in [0.3, 0.4) is 0 Å². The van der Waals surface area contributed by atoms with E-state index in [1.54, 1.807) is 0 Å². The number of thiophene rings is 1. The number of benzene rings is 4. The summed E-state index contributed by atoms with van der Waals surface area (Å²) in [6, 6.07) is 30.9. The van der Waals surface area contributed by atoms with E-state index in [1.165, 1.54) is 53.2 Å². The van der Waals surface area contributed by atoms with Gasteiger partial charge in [-0.2, -0.15) is 0 Å². The van der Waals surface area contributed by atoms with Gasteiger partial charge in [0, 0.05) is 36.6 Å². The topological polar surface area (TPSA) is 4.93 Å². The Morgan fingerprint density at radius 3 is 2.26 bits per heavy atom. The van der Waals surface area contributed by atoms with E-state index < -0.39 is 0 Å². The van der Waals surface area contributed by atoms with Crippen molar-refractivity contribution in [1.82, 2.24) is 4.57 Å². The van der Waals surface area contributed by atoms with Crippen LogP contribution in [0.2, 0.25) is 0 Å². The Hall–Kier alpha value is -3.10. The molecule has 0 atom stereocenters. The highest BCUT2D eigenvalue weighted by Gasteiger charge is 2.15. The molecule has 0 aliphatic heterocycles. The van der Waals surface area contributed by atoms with Gasteiger partial charge in [0.25, 0.3) is 0 Å². The van der Waals surface area contributed by atoms with Crippen molar-refractivity contribution < 1.29 is 0 Å². The van der Waals surface area contributed by atoms with Gasteiger partial charge < -0.3 is 4.57 Å². The lowest BCUT2D eigenvalue weighted by atomic mass is 10.1. The molecule has 0 N–H and O–H groups in total. The second-order valence-corrected chi connectivity index (χ2v) is 8.24. The summed E-state index contributed by atoms with van der Waals surface area (Å²) in [5.41, 5.74) is 5.05. The first-order valence-corrected chi connectivity index (χ1v) is 10.0. The van der Waals surface area contributed by atoms with E-state index in [4.69, 9.17) is 0 Å². The van der Waals surface area contributed by atoms with Crippen molar-refractivity contribution in [1.29, 1.82) is 0 Å². The van der Waals surface area contributed by atoms with Crippen molar-refractivity contribution in [3.8, 4) is 5.69 Å². The Morgan fingerprint density at radius 2 is 1.37 bits per heavy atom. The predicted octanol–water partition coefficient (Wildman–Crippen LogP) is 7.46. The quantitative estimate of drug-likeness (QED) is 0.286. The average molecular weight is 363 g/mol. The number of aryl methyl sites for hydroxylation is 1. The molecule has 0 aliphatic carbocycles. The number of nitrogens with zero attached hydrogens (tertiary/aromatic N) is 1. The van der Waals surface area contributed by atoms with E-state index in [9.17, 15) is 0 Å². The van der Waals surface area contributed by atoms with Crippen molar-refractivity contribution in [3.05, 3.63) is 90.5 Å². The van der Waals surface area contributed by atoms with Gasteiger partial charge in [-0.15, -0.1) is 11.3 Å². The standard InChI is InChI=1S/C25H17NS/c1-16-11-12-22-19(13-16)20-14-21-18-9-5-6-10-24(18)27-25(21)15-23(20)26(22)17-7-3-2-4-8-17/h2-15H,1H3. The number of para-hydroxylation sites is 1. The molecule has 0 bridgehead atoms. The molecule has 2 heteroatoms. The third-order valence-corrected chi connectivity index (χ3v) is 6.57. The van der Waals surface area contributed by atoms with Crippen LogP contribution in [0.1, 0.15) is 5.56 Å². The first-order valence-electron chi connectivity index (χ1n) is 9.21. The molecule has 0 saturated heterocycles. The molecule has 2 heterocycles. The molecule has 2 aromatic heterocycles. The molecule has 1 nitrogen and oxygen atoms in total. The summed E-state index contributed by atoms with van der Waals surface area (Å²) < 4.78 is 5.10. The van der Waals surface area contributed by atoms with Crippen LogP contribution in [0.15, 0.2) is 84.9 Å². The minimum Gasteiger partial charge on any atom is -0.309 e. The first kappa shape index (κ1) is 15.0. The number of fused-ring (bicyclic) bond motifs is 6. The largest absolute Gasteiger partial charge is 0.309 e. The van der Waals surface area contributed by atoms with Crippen LogP contribution in [0.25, 0.3) is 47.7 Å². The molecule has 0 fully saturated rings. The van der Waals surface area contributed by atoms with Crippen molar-refractivity contribution in [2.45, 2.75) is 6.92 Å². The molecule has 4 aromatic carbocycles. The van der Waals surface area contributed by atoms with Gasteiger partial charge in [-0.25, -0.2) is 0 Å². The lowest BCUT2D eigenvalue weighted by Gasteiger charge is -2.07. The van der Waals surface area contributed by atoms with Crippen LogP contribution in [-0.4, -0.2) is 4.57 Å².